The first-order chi connectivity index (χ1) is 20.7. The van der Waals surface area contributed by atoms with Crippen molar-refractivity contribution in [1.82, 2.24) is 9.66 Å². The smallest absolute Gasteiger partial charge is 0.282 e. The highest BCUT2D eigenvalue weighted by Gasteiger charge is 2.17. The number of nitrogens with zero attached hydrogens (tertiary/aromatic N) is 3. The highest BCUT2D eigenvalue weighted by Crippen LogP contribution is 2.34. The number of para-hydroxylation sites is 1. The van der Waals surface area contributed by atoms with Crippen LogP contribution < -0.4 is 15.6 Å². The zero-order valence-corrected chi connectivity index (χ0v) is 24.1. The molecule has 12 heteroatoms. The Balaban J connectivity index is 1.29. The van der Waals surface area contributed by atoms with Crippen LogP contribution in [0.15, 0.2) is 99.2 Å². The zero-order valence-electron chi connectivity index (χ0n) is 21.9. The highest BCUT2D eigenvalue weighted by molar-refractivity contribution is 6.37. The first-order valence-corrected chi connectivity index (χ1v) is 13.8. The van der Waals surface area contributed by atoms with Gasteiger partial charge >= 0.3 is 0 Å². The summed E-state index contributed by atoms with van der Waals surface area (Å²) in [5.74, 6) is -0.337. The molecule has 6 aromatic rings. The van der Waals surface area contributed by atoms with Crippen LogP contribution in [0.3, 0.4) is 0 Å². The Hall–Kier alpha value is -4.70. The number of anilines is 1. The minimum atomic E-state index is -0.493. The van der Waals surface area contributed by atoms with Crippen LogP contribution in [0.25, 0.3) is 33.5 Å². The van der Waals surface area contributed by atoms with Crippen LogP contribution >= 0.6 is 34.8 Å². The normalized spacial score (nSPS) is 11.4. The molecule has 8 nitrogen and oxygen atoms in total. The second kappa shape index (κ2) is 11.9. The second-order valence-electron chi connectivity index (χ2n) is 9.26. The fourth-order valence-electron chi connectivity index (χ4n) is 4.30. The Morgan fingerprint density at radius 1 is 1.00 bits per heavy atom. The monoisotopic (exact) mass is 634 g/mol. The summed E-state index contributed by atoms with van der Waals surface area (Å²) in [6.45, 7) is -0.394. The summed E-state index contributed by atoms with van der Waals surface area (Å²) < 4.78 is 25.8. The van der Waals surface area contributed by atoms with Gasteiger partial charge in [-0.05, 0) is 78.4 Å². The Morgan fingerprint density at radius 2 is 1.74 bits per heavy atom. The summed E-state index contributed by atoms with van der Waals surface area (Å²) in [6, 6.07) is 22.2. The van der Waals surface area contributed by atoms with E-state index in [1.165, 1.54) is 42.6 Å². The van der Waals surface area contributed by atoms with Crippen molar-refractivity contribution in [1.29, 1.82) is 0 Å². The first-order valence-electron chi connectivity index (χ1n) is 12.7. The molecule has 1 amide bonds. The number of halogens is 4. The molecule has 0 aliphatic rings. The third kappa shape index (κ3) is 6.10. The predicted molar refractivity (Wildman–Crippen MR) is 166 cm³/mol. The molecule has 1 N–H and O–H groups in total. The van der Waals surface area contributed by atoms with Gasteiger partial charge in [0, 0.05) is 16.1 Å². The van der Waals surface area contributed by atoms with Gasteiger partial charge < -0.3 is 14.5 Å². The van der Waals surface area contributed by atoms with Gasteiger partial charge in [-0.2, -0.15) is 9.78 Å². The molecular formula is C31H18Cl3FN4O4. The lowest BCUT2D eigenvalue weighted by Crippen LogP contribution is -2.20. The number of hydrogen-bond acceptors (Lipinski definition) is 6. The van der Waals surface area contributed by atoms with E-state index in [1.807, 2.05) is 0 Å². The molecule has 0 aliphatic heterocycles. The number of aromatic nitrogens is 2. The SMILES string of the molecule is O=C(COc1c(Cl)cc(C=Nn2c(-c3cc4cc(Cl)ccc4o3)nc3ccccc3c2=O)cc1Cl)Nc1ccc(F)cc1. The van der Waals surface area contributed by atoms with Crippen LogP contribution in [0.4, 0.5) is 10.1 Å². The van der Waals surface area contributed by atoms with Gasteiger partial charge in [0.25, 0.3) is 11.5 Å². The van der Waals surface area contributed by atoms with E-state index in [-0.39, 0.29) is 21.6 Å². The third-order valence-electron chi connectivity index (χ3n) is 6.27. The van der Waals surface area contributed by atoms with Gasteiger partial charge in [0.1, 0.15) is 11.4 Å². The standard InChI is InChI=1S/C31H18Cl3FN4O4/c32-19-5-10-26-18(13-19)14-27(43-26)30-38-25-4-2-1-3-22(25)31(41)39(30)36-15-17-11-23(33)29(24(34)12-17)42-16-28(40)37-21-8-6-20(35)7-9-21/h1-15H,16H2,(H,37,40). The molecular weight excluding hydrogens is 618 g/mol. The highest BCUT2D eigenvalue weighted by atomic mass is 35.5. The number of carbonyl (C=O) groups excluding carboxylic acids is 1. The van der Waals surface area contributed by atoms with Crippen LogP contribution in [-0.2, 0) is 4.79 Å². The van der Waals surface area contributed by atoms with E-state index in [1.54, 1.807) is 48.5 Å². The van der Waals surface area contributed by atoms with Crippen molar-refractivity contribution in [3.63, 3.8) is 0 Å². The number of hydrogen-bond donors (Lipinski definition) is 1. The molecule has 0 aliphatic carbocycles. The van der Waals surface area contributed by atoms with E-state index in [4.69, 9.17) is 44.0 Å². The van der Waals surface area contributed by atoms with Gasteiger partial charge in [0.2, 0.25) is 5.82 Å². The molecule has 2 heterocycles. The first kappa shape index (κ1) is 28.4. The molecule has 0 radical (unpaired) electrons. The molecule has 43 heavy (non-hydrogen) atoms. The molecule has 2 aromatic heterocycles. The molecule has 0 saturated heterocycles. The molecule has 0 spiro atoms. The van der Waals surface area contributed by atoms with E-state index in [0.29, 0.717) is 38.5 Å². The zero-order chi connectivity index (χ0) is 30.1. The van der Waals surface area contributed by atoms with Crippen molar-refractivity contribution < 1.29 is 18.3 Å². The van der Waals surface area contributed by atoms with E-state index in [0.717, 1.165) is 10.1 Å². The number of rotatable bonds is 7. The maximum atomic E-state index is 13.5. The molecule has 0 unspecified atom stereocenters. The predicted octanol–water partition coefficient (Wildman–Crippen LogP) is 7.81. The number of furan rings is 1. The van der Waals surface area contributed by atoms with Crippen molar-refractivity contribution >= 4 is 74.5 Å². The van der Waals surface area contributed by atoms with E-state index in [9.17, 15) is 14.0 Å². The van der Waals surface area contributed by atoms with E-state index < -0.39 is 23.9 Å². The van der Waals surface area contributed by atoms with E-state index in [2.05, 4.69) is 15.4 Å². The summed E-state index contributed by atoms with van der Waals surface area (Å²) in [4.78, 5) is 30.4. The summed E-state index contributed by atoms with van der Waals surface area (Å²) in [5.41, 5.74) is 1.48. The van der Waals surface area contributed by atoms with Crippen molar-refractivity contribution in [2.24, 2.45) is 5.10 Å². The number of fused-ring (bicyclic) bond motifs is 2. The van der Waals surface area contributed by atoms with Crippen LogP contribution in [0.1, 0.15) is 5.56 Å². The fraction of sp³-hybridized carbons (Fsp3) is 0.0323. The minimum Gasteiger partial charge on any atom is -0.481 e. The van der Waals surface area contributed by atoms with Gasteiger partial charge in [-0.1, -0.05) is 46.9 Å². The van der Waals surface area contributed by atoms with Crippen molar-refractivity contribution in [3.05, 3.63) is 122 Å². The van der Waals surface area contributed by atoms with Crippen LogP contribution in [0.5, 0.6) is 5.75 Å². The summed E-state index contributed by atoms with van der Waals surface area (Å²) >= 11 is 19.0. The number of nitrogens with one attached hydrogen (secondary N) is 1. The lowest BCUT2D eigenvalue weighted by Gasteiger charge is -2.11. The number of benzene rings is 4. The number of ether oxygens (including phenoxy) is 1. The minimum absolute atomic E-state index is 0.0842. The molecule has 6 rings (SSSR count). The van der Waals surface area contributed by atoms with Crippen LogP contribution in [0, 0.1) is 5.82 Å². The lowest BCUT2D eigenvalue weighted by molar-refractivity contribution is -0.118. The molecule has 0 saturated carbocycles. The quantitative estimate of drug-likeness (QED) is 0.181. The third-order valence-corrected chi connectivity index (χ3v) is 7.07. The summed E-state index contributed by atoms with van der Waals surface area (Å²) in [6.07, 6.45) is 1.39. The summed E-state index contributed by atoms with van der Waals surface area (Å²) in [5, 5.41) is 8.86. The van der Waals surface area contributed by atoms with Crippen molar-refractivity contribution in [2.45, 2.75) is 0 Å². The van der Waals surface area contributed by atoms with Crippen LogP contribution in [0.2, 0.25) is 15.1 Å². The van der Waals surface area contributed by atoms with Gasteiger partial charge in [0.05, 0.1) is 27.2 Å². The lowest BCUT2D eigenvalue weighted by atomic mass is 10.2. The van der Waals surface area contributed by atoms with Crippen molar-refractivity contribution in [3.8, 4) is 17.3 Å². The molecule has 214 valence electrons. The maximum Gasteiger partial charge on any atom is 0.282 e. The van der Waals surface area contributed by atoms with Crippen LogP contribution in [-0.4, -0.2) is 28.4 Å². The Labute approximate surface area is 257 Å². The molecule has 0 atom stereocenters. The molecule has 0 fully saturated rings. The maximum absolute atomic E-state index is 13.5. The molecule has 4 aromatic carbocycles. The second-order valence-corrected chi connectivity index (χ2v) is 10.5. The number of amides is 1. The largest absolute Gasteiger partial charge is 0.481 e. The topological polar surface area (TPSA) is 98.7 Å². The fourth-order valence-corrected chi connectivity index (χ4v) is 5.09. The van der Waals surface area contributed by atoms with Crippen molar-refractivity contribution in [2.75, 3.05) is 11.9 Å². The van der Waals surface area contributed by atoms with E-state index >= 15 is 0 Å². The number of carbonyl (C=O) groups is 1. The van der Waals surface area contributed by atoms with Gasteiger partial charge in [-0.25, -0.2) is 9.37 Å². The average molecular weight is 636 g/mol. The van der Waals surface area contributed by atoms with Gasteiger partial charge in [-0.15, -0.1) is 0 Å². The average Bonchev–Trinajstić information content (AvgIpc) is 3.40. The van der Waals surface area contributed by atoms with Gasteiger partial charge in [0.15, 0.2) is 18.1 Å². The van der Waals surface area contributed by atoms with Gasteiger partial charge in [-0.3, -0.25) is 9.59 Å². The molecule has 0 bridgehead atoms. The Bertz CT molecular complexity index is 2090. The Kier molecular flexibility index (Phi) is 7.86. The summed E-state index contributed by atoms with van der Waals surface area (Å²) in [7, 11) is 0. The Morgan fingerprint density at radius 3 is 2.51 bits per heavy atom.